The molecule has 6 nitrogen and oxygen atoms in total. The molecule has 0 fully saturated rings. The van der Waals surface area contributed by atoms with Gasteiger partial charge in [0, 0.05) is 12.7 Å². The van der Waals surface area contributed by atoms with Gasteiger partial charge in [0.05, 0.1) is 17.7 Å². The van der Waals surface area contributed by atoms with Crippen LogP contribution in [0.25, 0.3) is 0 Å². The summed E-state index contributed by atoms with van der Waals surface area (Å²) in [6.07, 6.45) is -0.0662. The summed E-state index contributed by atoms with van der Waals surface area (Å²) >= 11 is 5.90. The van der Waals surface area contributed by atoms with E-state index in [0.717, 1.165) is 5.69 Å². The Labute approximate surface area is 128 Å². The third-order valence-electron chi connectivity index (χ3n) is 2.58. The molecule has 1 aromatic carbocycles. The van der Waals surface area contributed by atoms with Crippen molar-refractivity contribution in [3.8, 4) is 12.1 Å². The van der Waals surface area contributed by atoms with E-state index in [2.05, 4.69) is 21.0 Å². The summed E-state index contributed by atoms with van der Waals surface area (Å²) in [5.74, 6) is 0.348. The fraction of sp³-hybridized carbons (Fsp3) is 0.286. The summed E-state index contributed by atoms with van der Waals surface area (Å²) in [6, 6.07) is 9.36. The van der Waals surface area contributed by atoms with Crippen molar-refractivity contribution in [1.82, 2.24) is 15.0 Å². The molecule has 2 rings (SSSR count). The van der Waals surface area contributed by atoms with Gasteiger partial charge in [-0.1, -0.05) is 6.07 Å². The SMILES string of the molecule is CC(C)Oc1nc(Cl)nc(N(C)c2cccc(C#N)c2)n1. The van der Waals surface area contributed by atoms with Crippen LogP contribution in [0.2, 0.25) is 5.28 Å². The van der Waals surface area contributed by atoms with Crippen molar-refractivity contribution >= 4 is 23.2 Å². The molecule has 2 aromatic rings. The number of nitrogens with zero attached hydrogens (tertiary/aromatic N) is 5. The molecule has 0 amide bonds. The zero-order valence-corrected chi connectivity index (χ0v) is 12.7. The average Bonchev–Trinajstić information content (AvgIpc) is 2.45. The molecule has 0 radical (unpaired) electrons. The number of hydrogen-bond acceptors (Lipinski definition) is 6. The summed E-state index contributed by atoms with van der Waals surface area (Å²) in [5, 5.41) is 9.01. The molecule has 7 heteroatoms. The minimum Gasteiger partial charge on any atom is -0.461 e. The maximum absolute atomic E-state index is 8.95. The quantitative estimate of drug-likeness (QED) is 0.864. The predicted octanol–water partition coefficient (Wildman–Crippen LogP) is 2.95. The standard InChI is InChI=1S/C14H14ClN5O/c1-9(2)21-14-18-12(15)17-13(19-14)20(3)11-6-4-5-10(7-11)8-16/h4-7,9H,1-3H3. The minimum absolute atomic E-state index is 0.0546. The molecular formula is C14H14ClN5O. The number of nitriles is 1. The molecular weight excluding hydrogens is 290 g/mol. The number of anilines is 2. The molecule has 21 heavy (non-hydrogen) atoms. The van der Waals surface area contributed by atoms with Crippen molar-refractivity contribution in [1.29, 1.82) is 5.26 Å². The van der Waals surface area contributed by atoms with Crippen molar-refractivity contribution in [2.24, 2.45) is 0 Å². The van der Waals surface area contributed by atoms with Gasteiger partial charge in [0.1, 0.15) is 0 Å². The first-order valence-electron chi connectivity index (χ1n) is 6.31. The second-order valence-corrected chi connectivity index (χ2v) is 4.91. The van der Waals surface area contributed by atoms with E-state index in [1.807, 2.05) is 19.9 Å². The van der Waals surface area contributed by atoms with Gasteiger partial charge in [0.15, 0.2) is 0 Å². The van der Waals surface area contributed by atoms with Gasteiger partial charge in [0.25, 0.3) is 0 Å². The van der Waals surface area contributed by atoms with E-state index in [1.165, 1.54) is 0 Å². The molecule has 0 atom stereocenters. The highest BCUT2D eigenvalue weighted by Gasteiger charge is 2.13. The Morgan fingerprint density at radius 2 is 2.05 bits per heavy atom. The number of halogens is 1. The van der Waals surface area contributed by atoms with Gasteiger partial charge in [-0.05, 0) is 43.6 Å². The van der Waals surface area contributed by atoms with Crippen LogP contribution < -0.4 is 9.64 Å². The van der Waals surface area contributed by atoms with E-state index in [1.54, 1.807) is 30.1 Å². The zero-order chi connectivity index (χ0) is 15.4. The lowest BCUT2D eigenvalue weighted by atomic mass is 10.2. The van der Waals surface area contributed by atoms with Crippen LogP contribution in [0.4, 0.5) is 11.6 Å². The largest absolute Gasteiger partial charge is 0.461 e. The fourth-order valence-electron chi connectivity index (χ4n) is 1.64. The molecule has 0 spiro atoms. The van der Waals surface area contributed by atoms with Crippen molar-refractivity contribution in [2.75, 3.05) is 11.9 Å². The van der Waals surface area contributed by atoms with E-state index < -0.39 is 0 Å². The smallest absolute Gasteiger partial charge is 0.322 e. The lowest BCUT2D eigenvalue weighted by Gasteiger charge is -2.18. The normalized spacial score (nSPS) is 10.3. The first kappa shape index (κ1) is 15.0. The first-order chi connectivity index (χ1) is 9.99. The number of hydrogen-bond donors (Lipinski definition) is 0. The van der Waals surface area contributed by atoms with Gasteiger partial charge in [-0.2, -0.15) is 20.2 Å². The molecule has 108 valence electrons. The summed E-state index contributed by atoms with van der Waals surface area (Å²) in [4.78, 5) is 13.9. The Morgan fingerprint density at radius 3 is 2.71 bits per heavy atom. The fourth-order valence-corrected chi connectivity index (χ4v) is 1.78. The van der Waals surface area contributed by atoms with Gasteiger partial charge in [-0.25, -0.2) is 0 Å². The van der Waals surface area contributed by atoms with E-state index >= 15 is 0 Å². The van der Waals surface area contributed by atoms with Crippen LogP contribution in [0.5, 0.6) is 6.01 Å². The Hall–Kier alpha value is -2.39. The highest BCUT2D eigenvalue weighted by atomic mass is 35.5. The van der Waals surface area contributed by atoms with Crippen molar-refractivity contribution in [3.05, 3.63) is 35.1 Å². The topological polar surface area (TPSA) is 74.9 Å². The van der Waals surface area contributed by atoms with Crippen molar-refractivity contribution in [3.63, 3.8) is 0 Å². The van der Waals surface area contributed by atoms with Gasteiger partial charge in [-0.15, -0.1) is 0 Å². The third-order valence-corrected chi connectivity index (χ3v) is 2.75. The maximum atomic E-state index is 8.95. The predicted molar refractivity (Wildman–Crippen MR) is 79.8 cm³/mol. The zero-order valence-electron chi connectivity index (χ0n) is 11.9. The van der Waals surface area contributed by atoms with Crippen LogP contribution in [0, 0.1) is 11.3 Å². The Kier molecular flexibility index (Phi) is 4.55. The van der Waals surface area contributed by atoms with E-state index in [4.69, 9.17) is 21.6 Å². The summed E-state index contributed by atoms with van der Waals surface area (Å²) in [6.45, 7) is 3.74. The van der Waals surface area contributed by atoms with Crippen molar-refractivity contribution < 1.29 is 4.74 Å². The minimum atomic E-state index is -0.0662. The van der Waals surface area contributed by atoms with Gasteiger partial charge in [-0.3, -0.25) is 0 Å². The molecule has 0 aliphatic rings. The van der Waals surface area contributed by atoms with E-state index in [0.29, 0.717) is 11.5 Å². The molecule has 1 aromatic heterocycles. The lowest BCUT2D eigenvalue weighted by molar-refractivity contribution is 0.221. The molecule has 0 bridgehead atoms. The number of ether oxygens (including phenoxy) is 1. The van der Waals surface area contributed by atoms with Crippen LogP contribution in [0.15, 0.2) is 24.3 Å². The first-order valence-corrected chi connectivity index (χ1v) is 6.69. The van der Waals surface area contributed by atoms with Crippen LogP contribution >= 0.6 is 11.6 Å². The highest BCUT2D eigenvalue weighted by molar-refractivity contribution is 6.28. The highest BCUT2D eigenvalue weighted by Crippen LogP contribution is 2.23. The Balaban J connectivity index is 2.36. The second-order valence-electron chi connectivity index (χ2n) is 4.57. The van der Waals surface area contributed by atoms with Crippen LogP contribution in [-0.2, 0) is 0 Å². The molecule has 0 N–H and O–H groups in total. The summed E-state index contributed by atoms with van der Waals surface area (Å²) in [7, 11) is 1.78. The monoisotopic (exact) mass is 303 g/mol. The van der Waals surface area contributed by atoms with Gasteiger partial charge >= 0.3 is 6.01 Å². The number of rotatable bonds is 4. The molecule has 0 saturated carbocycles. The van der Waals surface area contributed by atoms with Crippen LogP contribution in [0.1, 0.15) is 19.4 Å². The second kappa shape index (κ2) is 6.37. The van der Waals surface area contributed by atoms with E-state index in [9.17, 15) is 0 Å². The number of benzene rings is 1. The average molecular weight is 304 g/mol. The molecule has 1 heterocycles. The van der Waals surface area contributed by atoms with Crippen LogP contribution in [0.3, 0.4) is 0 Å². The third kappa shape index (κ3) is 3.80. The van der Waals surface area contributed by atoms with Gasteiger partial charge < -0.3 is 9.64 Å². The van der Waals surface area contributed by atoms with Crippen LogP contribution in [-0.4, -0.2) is 28.1 Å². The lowest BCUT2D eigenvalue weighted by Crippen LogP contribution is -2.16. The molecule has 0 aliphatic carbocycles. The molecule has 0 saturated heterocycles. The summed E-state index contributed by atoms with van der Waals surface area (Å²) in [5.41, 5.74) is 1.32. The molecule has 0 aliphatic heterocycles. The Morgan fingerprint density at radius 1 is 1.29 bits per heavy atom. The van der Waals surface area contributed by atoms with Crippen molar-refractivity contribution in [2.45, 2.75) is 20.0 Å². The summed E-state index contributed by atoms with van der Waals surface area (Å²) < 4.78 is 5.44. The van der Waals surface area contributed by atoms with Gasteiger partial charge in [0.2, 0.25) is 11.2 Å². The van der Waals surface area contributed by atoms with E-state index in [-0.39, 0.29) is 17.4 Å². The number of aromatic nitrogens is 3. The maximum Gasteiger partial charge on any atom is 0.322 e. The molecule has 0 unspecified atom stereocenters. The Bertz CT molecular complexity index is 683.